The van der Waals surface area contributed by atoms with Crippen LogP contribution in [0, 0.1) is 6.92 Å². The van der Waals surface area contributed by atoms with Crippen LogP contribution in [0.4, 0.5) is 0 Å². The molecule has 23 heavy (non-hydrogen) atoms. The molecule has 0 unspecified atom stereocenters. The summed E-state index contributed by atoms with van der Waals surface area (Å²) >= 11 is 7.55. The maximum Gasteiger partial charge on any atom is 0.265 e. The van der Waals surface area contributed by atoms with Crippen molar-refractivity contribution in [3.05, 3.63) is 56.7 Å². The third-order valence-electron chi connectivity index (χ3n) is 4.56. The van der Waals surface area contributed by atoms with Gasteiger partial charge >= 0.3 is 0 Å². The Balaban J connectivity index is 1.85. The maximum atomic E-state index is 12.8. The average Bonchev–Trinajstić information content (AvgIpc) is 3.14. The van der Waals surface area contributed by atoms with Crippen molar-refractivity contribution >= 4 is 28.8 Å². The quantitative estimate of drug-likeness (QED) is 0.840. The first-order chi connectivity index (χ1) is 11.0. The molecule has 1 saturated heterocycles. The molecule has 1 aromatic carbocycles. The number of rotatable bonds is 3. The van der Waals surface area contributed by atoms with Crippen molar-refractivity contribution in [2.24, 2.45) is 0 Å². The summed E-state index contributed by atoms with van der Waals surface area (Å²) in [6, 6.07) is 10.8. The summed E-state index contributed by atoms with van der Waals surface area (Å²) in [5, 5.41) is 2.42. The molecule has 122 valence electrons. The van der Waals surface area contributed by atoms with Crippen LogP contribution in [-0.4, -0.2) is 48.9 Å². The van der Waals surface area contributed by atoms with Crippen molar-refractivity contribution < 1.29 is 4.79 Å². The van der Waals surface area contributed by atoms with Crippen molar-refractivity contribution in [1.29, 1.82) is 0 Å². The zero-order valence-electron chi connectivity index (χ0n) is 13.6. The molecule has 2 atom stereocenters. The molecule has 1 fully saturated rings. The number of amides is 1. The van der Waals surface area contributed by atoms with E-state index in [-0.39, 0.29) is 5.91 Å². The summed E-state index contributed by atoms with van der Waals surface area (Å²) in [5.41, 5.74) is 2.55. The minimum Gasteiger partial charge on any atom is -0.336 e. The van der Waals surface area contributed by atoms with Gasteiger partial charge in [0.15, 0.2) is 0 Å². The first-order valence-corrected chi connectivity index (χ1v) is 8.98. The van der Waals surface area contributed by atoms with Crippen molar-refractivity contribution in [1.82, 2.24) is 9.80 Å². The van der Waals surface area contributed by atoms with Gasteiger partial charge < -0.3 is 9.80 Å². The Morgan fingerprint density at radius 1 is 1.22 bits per heavy atom. The van der Waals surface area contributed by atoms with Crippen molar-refractivity contribution in [2.45, 2.75) is 18.9 Å². The van der Waals surface area contributed by atoms with E-state index >= 15 is 0 Å². The Hall–Kier alpha value is -1.36. The largest absolute Gasteiger partial charge is 0.336 e. The fourth-order valence-corrected chi connectivity index (χ4v) is 4.31. The molecule has 3 nitrogen and oxygen atoms in total. The van der Waals surface area contributed by atoms with Gasteiger partial charge in [0.05, 0.1) is 5.02 Å². The highest BCUT2D eigenvalue weighted by Gasteiger charge is 2.38. The molecule has 0 spiro atoms. The Morgan fingerprint density at radius 3 is 2.48 bits per heavy atom. The number of likely N-dealkylation sites (N-methyl/N-ethyl adjacent to an activating group) is 1. The van der Waals surface area contributed by atoms with Crippen LogP contribution in [0.5, 0.6) is 0 Å². The monoisotopic (exact) mass is 348 g/mol. The zero-order valence-corrected chi connectivity index (χ0v) is 15.2. The number of hydrogen-bond acceptors (Lipinski definition) is 3. The topological polar surface area (TPSA) is 23.6 Å². The Morgan fingerprint density at radius 2 is 1.91 bits per heavy atom. The molecule has 0 aliphatic carbocycles. The van der Waals surface area contributed by atoms with E-state index in [0.717, 1.165) is 13.1 Å². The highest BCUT2D eigenvalue weighted by Crippen LogP contribution is 2.33. The number of carbonyl (C=O) groups is 1. The molecule has 5 heteroatoms. The van der Waals surface area contributed by atoms with E-state index in [1.807, 2.05) is 10.3 Å². The number of nitrogens with zero attached hydrogens (tertiary/aromatic N) is 2. The highest BCUT2D eigenvalue weighted by molar-refractivity contribution is 7.12. The molecule has 1 aliphatic rings. The SMILES string of the molecule is Cc1ccc([C@@H]2CN(C(=O)c3sccc3Cl)C[C@H]2N(C)C)cc1. The second-order valence-corrected chi connectivity index (χ2v) is 7.68. The van der Waals surface area contributed by atoms with Gasteiger partial charge in [0.2, 0.25) is 0 Å². The van der Waals surface area contributed by atoms with Gasteiger partial charge in [-0.15, -0.1) is 11.3 Å². The van der Waals surface area contributed by atoms with Gasteiger partial charge in [0, 0.05) is 25.0 Å². The predicted octanol–water partition coefficient (Wildman–Crippen LogP) is 3.88. The lowest BCUT2D eigenvalue weighted by Gasteiger charge is -2.25. The molecule has 2 heterocycles. The van der Waals surface area contributed by atoms with Crippen LogP contribution in [0.1, 0.15) is 26.7 Å². The molecule has 1 aliphatic heterocycles. The van der Waals surface area contributed by atoms with Crippen molar-refractivity contribution in [2.75, 3.05) is 27.2 Å². The van der Waals surface area contributed by atoms with Gasteiger partial charge in [-0.2, -0.15) is 0 Å². The van der Waals surface area contributed by atoms with Crippen molar-refractivity contribution in [3.63, 3.8) is 0 Å². The number of hydrogen-bond donors (Lipinski definition) is 0. The lowest BCUT2D eigenvalue weighted by molar-refractivity contribution is 0.0787. The average molecular weight is 349 g/mol. The number of halogens is 1. The van der Waals surface area contributed by atoms with E-state index in [9.17, 15) is 4.79 Å². The van der Waals surface area contributed by atoms with Crippen LogP contribution in [0.25, 0.3) is 0 Å². The lowest BCUT2D eigenvalue weighted by Crippen LogP contribution is -2.35. The van der Waals surface area contributed by atoms with E-state index in [4.69, 9.17) is 11.6 Å². The molecule has 0 saturated carbocycles. The third kappa shape index (κ3) is 3.30. The van der Waals surface area contributed by atoms with Gasteiger partial charge in [0.25, 0.3) is 5.91 Å². The molecule has 3 rings (SSSR count). The summed E-state index contributed by atoms with van der Waals surface area (Å²) in [5.74, 6) is 0.375. The molecular formula is C18H21ClN2OS. The first-order valence-electron chi connectivity index (χ1n) is 7.72. The molecule has 1 aromatic heterocycles. The minimum absolute atomic E-state index is 0.0476. The van der Waals surface area contributed by atoms with E-state index in [1.54, 1.807) is 6.07 Å². The normalized spacial score (nSPS) is 21.2. The van der Waals surface area contributed by atoms with E-state index in [0.29, 0.717) is 21.9 Å². The van der Waals surface area contributed by atoms with Crippen molar-refractivity contribution in [3.8, 4) is 0 Å². The van der Waals surface area contributed by atoms with Crippen LogP contribution < -0.4 is 0 Å². The van der Waals surface area contributed by atoms with Gasteiger partial charge in [-0.25, -0.2) is 0 Å². The fourth-order valence-electron chi connectivity index (χ4n) is 3.21. The summed E-state index contributed by atoms with van der Waals surface area (Å²) < 4.78 is 0. The van der Waals surface area contributed by atoms with E-state index in [1.165, 1.54) is 22.5 Å². The standard InChI is InChI=1S/C18H21ClN2OS/c1-12-4-6-13(7-5-12)14-10-21(11-16(14)20(2)3)18(22)17-15(19)8-9-23-17/h4-9,14,16H,10-11H2,1-3H3/t14-,16+/m0/s1. The Bertz CT molecular complexity index is 695. The molecule has 0 radical (unpaired) electrons. The summed E-state index contributed by atoms with van der Waals surface area (Å²) in [6.45, 7) is 3.56. The fraction of sp³-hybridized carbons (Fsp3) is 0.389. The van der Waals surface area contributed by atoms with E-state index in [2.05, 4.69) is 50.2 Å². The number of aryl methyl sites for hydroxylation is 1. The number of carbonyl (C=O) groups excluding carboxylic acids is 1. The number of thiophene rings is 1. The van der Waals surface area contributed by atoms with Gasteiger partial charge in [-0.05, 0) is 38.0 Å². The first kappa shape index (κ1) is 16.5. The summed E-state index contributed by atoms with van der Waals surface area (Å²) in [7, 11) is 4.16. The van der Waals surface area contributed by atoms with Crippen LogP contribution in [0.15, 0.2) is 35.7 Å². The van der Waals surface area contributed by atoms with Crippen LogP contribution >= 0.6 is 22.9 Å². The molecule has 2 aromatic rings. The van der Waals surface area contributed by atoms with Crippen LogP contribution in [0.3, 0.4) is 0 Å². The smallest absolute Gasteiger partial charge is 0.265 e. The lowest BCUT2D eigenvalue weighted by atomic mass is 9.93. The minimum atomic E-state index is 0.0476. The highest BCUT2D eigenvalue weighted by atomic mass is 35.5. The number of likely N-dealkylation sites (tertiary alicyclic amines) is 1. The molecule has 1 amide bonds. The zero-order chi connectivity index (χ0) is 16.6. The predicted molar refractivity (Wildman–Crippen MR) is 96.6 cm³/mol. The van der Waals surface area contributed by atoms with Crippen LogP contribution in [-0.2, 0) is 0 Å². The second-order valence-electron chi connectivity index (χ2n) is 6.36. The van der Waals surface area contributed by atoms with E-state index < -0.39 is 0 Å². The maximum absolute atomic E-state index is 12.8. The van der Waals surface area contributed by atoms with Gasteiger partial charge in [-0.1, -0.05) is 41.4 Å². The molecule has 0 bridgehead atoms. The Labute approximate surface area is 146 Å². The second kappa shape index (κ2) is 6.63. The van der Waals surface area contributed by atoms with Crippen LogP contribution in [0.2, 0.25) is 5.02 Å². The third-order valence-corrected chi connectivity index (χ3v) is 5.89. The number of benzene rings is 1. The Kier molecular flexibility index (Phi) is 4.76. The van der Waals surface area contributed by atoms with Gasteiger partial charge in [0.1, 0.15) is 4.88 Å². The molecular weight excluding hydrogens is 328 g/mol. The van der Waals surface area contributed by atoms with Gasteiger partial charge in [-0.3, -0.25) is 4.79 Å². The summed E-state index contributed by atoms with van der Waals surface area (Å²) in [6.07, 6.45) is 0. The molecule has 0 N–H and O–H groups in total. The summed E-state index contributed by atoms with van der Waals surface area (Å²) in [4.78, 5) is 17.6.